The SMILES string of the molecule is CCOC(=O)[C@]12CC(=O)[C@@H]3C[C@]4(CC(=O)c5c(c(CC)nc6ccc(O[Si](C)(C)C(C)(C)C)cc56)O4)CN3C(=O)[C@@H](CC(=O)OC(C)(C)C)CCCCC/C=C\[C@@H]1C2.CCc1nc2ccc(Br)cc2c(C(=O)O)c1O. The Morgan fingerprint density at radius 1 is 0.893 bits per heavy atom. The number of allylic oxidation sites excluding steroid dienone is 2. The van der Waals surface area contributed by atoms with Gasteiger partial charge in [-0.1, -0.05) is 75.5 Å². The molecule has 1 saturated carbocycles. The summed E-state index contributed by atoms with van der Waals surface area (Å²) in [5, 5.41) is 20.1. The van der Waals surface area contributed by atoms with Crippen molar-refractivity contribution in [3.63, 3.8) is 0 Å². The number of carbonyl (C=O) groups is 6. The molecular formula is C58H74BrN3O12Si. The van der Waals surface area contributed by atoms with Crippen molar-refractivity contribution in [1.82, 2.24) is 14.9 Å². The number of rotatable bonds is 9. The molecule has 75 heavy (non-hydrogen) atoms. The van der Waals surface area contributed by atoms with E-state index >= 15 is 0 Å². The first kappa shape index (κ1) is 57.0. The van der Waals surface area contributed by atoms with Crippen LogP contribution >= 0.6 is 15.9 Å². The second kappa shape index (κ2) is 22.1. The van der Waals surface area contributed by atoms with E-state index in [0.29, 0.717) is 82.4 Å². The van der Waals surface area contributed by atoms with E-state index in [4.69, 9.17) is 23.6 Å². The predicted octanol–water partition coefficient (Wildman–Crippen LogP) is 11.8. The van der Waals surface area contributed by atoms with E-state index in [9.17, 15) is 39.0 Å². The van der Waals surface area contributed by atoms with Crippen molar-refractivity contribution in [3.8, 4) is 17.2 Å². The number of halogens is 1. The number of nitrogens with zero attached hydrogens (tertiary/aromatic N) is 3. The fraction of sp³-hybridized carbons (Fsp3) is 0.552. The minimum atomic E-state index is -2.21. The normalized spacial score (nSPS) is 23.7. The maximum absolute atomic E-state index is 14.9. The summed E-state index contributed by atoms with van der Waals surface area (Å²) in [6.07, 6.45) is 9.06. The van der Waals surface area contributed by atoms with Gasteiger partial charge in [0.25, 0.3) is 0 Å². The molecule has 4 aromatic rings. The third kappa shape index (κ3) is 12.3. The highest BCUT2D eigenvalue weighted by atomic mass is 79.9. The molecule has 1 saturated heterocycles. The van der Waals surface area contributed by atoms with Gasteiger partial charge in [0.2, 0.25) is 14.2 Å². The Morgan fingerprint density at radius 2 is 1.57 bits per heavy atom. The Balaban J connectivity index is 0.000000407. The van der Waals surface area contributed by atoms with E-state index in [0.717, 1.165) is 23.7 Å². The van der Waals surface area contributed by atoms with Crippen LogP contribution in [0.1, 0.15) is 159 Å². The number of benzene rings is 2. The Morgan fingerprint density at radius 3 is 2.23 bits per heavy atom. The Labute approximate surface area is 449 Å². The van der Waals surface area contributed by atoms with Crippen LogP contribution in [0, 0.1) is 17.3 Å². The standard InChI is InChI=1S/C46H64N2O9Si.C12H10BrNO3/c1-11-33-40-39(32-23-31(20-21-34(32)47-33)57-58(9,10)44(6,7)8)37(50)26-45(56-40)25-35-36(49)27-46(42(53)54-12-2)24-30(46)19-17-15-13-14-16-18-29(41(52)48(35)28-45)22-38(51)55-43(3,4)5;1-2-8-11(15)10(12(16)17)7-5-6(13)3-4-9(7)14-8/h17,19-21,23,29-30,35H,11-16,18,22,24-28H2,1-10H3;3-5,15H,2H2,1H3,(H,16,17)/b19-17-;/t29-,30-,35+,45+,46-;/m1./s1. The van der Waals surface area contributed by atoms with Gasteiger partial charge in [0.05, 0.1) is 65.4 Å². The fourth-order valence-corrected chi connectivity index (χ4v) is 11.9. The number of esters is 2. The molecule has 2 aromatic heterocycles. The molecule has 2 fully saturated rings. The monoisotopic (exact) mass is 1110 g/mol. The number of carbonyl (C=O) groups excluding carboxylic acids is 5. The van der Waals surface area contributed by atoms with Gasteiger partial charge in [-0.05, 0) is 127 Å². The van der Waals surface area contributed by atoms with E-state index in [-0.39, 0.29) is 78.6 Å². The number of hydrogen-bond donors (Lipinski definition) is 2. The lowest BCUT2D eigenvalue weighted by atomic mass is 9.84. The van der Waals surface area contributed by atoms with Crippen molar-refractivity contribution in [2.45, 2.75) is 175 Å². The molecule has 17 heteroatoms. The van der Waals surface area contributed by atoms with Crippen molar-refractivity contribution >= 4 is 81.4 Å². The summed E-state index contributed by atoms with van der Waals surface area (Å²) in [7, 11) is -2.21. The lowest BCUT2D eigenvalue weighted by Crippen LogP contribution is -2.48. The van der Waals surface area contributed by atoms with Crippen molar-refractivity contribution in [2.75, 3.05) is 13.2 Å². The number of Topliss-reactive ketones (excluding diaryl/α,β-unsaturated/α-hetero) is 2. The molecule has 3 aliphatic heterocycles. The molecule has 1 spiro atoms. The number of aromatic carboxylic acids is 1. The van der Waals surface area contributed by atoms with Crippen LogP contribution in [-0.2, 0) is 41.5 Å². The number of fused-ring (bicyclic) bond motifs is 6. The van der Waals surface area contributed by atoms with Crippen molar-refractivity contribution in [2.24, 2.45) is 17.3 Å². The number of aryl methyl sites for hydroxylation is 2. The zero-order valence-electron chi connectivity index (χ0n) is 45.4. The Bertz CT molecular complexity index is 2940. The number of aromatic hydroxyl groups is 1. The van der Waals surface area contributed by atoms with E-state index < -0.39 is 54.8 Å². The second-order valence-corrected chi connectivity index (χ2v) is 28.9. The van der Waals surface area contributed by atoms with Gasteiger partial charge in [0.1, 0.15) is 22.5 Å². The first-order chi connectivity index (χ1) is 35.2. The quantitative estimate of drug-likeness (QED) is 0.0908. The van der Waals surface area contributed by atoms with Crippen LogP contribution < -0.4 is 9.16 Å². The molecule has 0 unspecified atom stereocenters. The average molecular weight is 1110 g/mol. The molecule has 5 atom stereocenters. The maximum Gasteiger partial charge on any atom is 0.340 e. The lowest BCUT2D eigenvalue weighted by Gasteiger charge is -2.37. The summed E-state index contributed by atoms with van der Waals surface area (Å²) in [4.78, 5) is 93.0. The molecular weight excluding hydrogens is 1040 g/mol. The summed E-state index contributed by atoms with van der Waals surface area (Å²) in [6.45, 7) is 22.0. The minimum Gasteiger partial charge on any atom is -0.543 e. The number of carboxylic acids is 1. The summed E-state index contributed by atoms with van der Waals surface area (Å²) < 4.78 is 25.6. The van der Waals surface area contributed by atoms with Crippen LogP contribution in [-0.4, -0.2) is 99.2 Å². The summed E-state index contributed by atoms with van der Waals surface area (Å²) in [5.74, 6) is -2.89. The van der Waals surface area contributed by atoms with Gasteiger partial charge in [-0.15, -0.1) is 0 Å². The van der Waals surface area contributed by atoms with Gasteiger partial charge in [-0.2, -0.15) is 0 Å². The first-order valence-corrected chi connectivity index (χ1v) is 30.2. The number of hydrogen-bond acceptors (Lipinski definition) is 13. The van der Waals surface area contributed by atoms with Crippen molar-refractivity contribution in [3.05, 3.63) is 75.5 Å². The molecule has 0 radical (unpaired) electrons. The number of aromatic nitrogens is 2. The second-order valence-electron chi connectivity index (χ2n) is 23.2. The smallest absolute Gasteiger partial charge is 0.340 e. The third-order valence-electron chi connectivity index (χ3n) is 15.5. The summed E-state index contributed by atoms with van der Waals surface area (Å²) >= 11 is 3.27. The number of ketones is 2. The molecule has 2 N–H and O–H groups in total. The highest BCUT2D eigenvalue weighted by Gasteiger charge is 2.63. The van der Waals surface area contributed by atoms with Gasteiger partial charge in [0.15, 0.2) is 23.1 Å². The van der Waals surface area contributed by atoms with Crippen LogP contribution in [0.25, 0.3) is 21.8 Å². The van der Waals surface area contributed by atoms with Gasteiger partial charge in [-0.25, -0.2) is 14.8 Å². The zero-order chi connectivity index (χ0) is 55.0. The number of amides is 1. The molecule has 2 aromatic carbocycles. The molecule has 5 heterocycles. The summed E-state index contributed by atoms with van der Waals surface area (Å²) in [5.41, 5.74) is -0.373. The largest absolute Gasteiger partial charge is 0.543 e. The van der Waals surface area contributed by atoms with Crippen LogP contribution in [0.15, 0.2) is 53.0 Å². The van der Waals surface area contributed by atoms with Crippen LogP contribution in [0.2, 0.25) is 18.1 Å². The fourth-order valence-electron chi connectivity index (χ4n) is 10.5. The average Bonchev–Trinajstić information content (AvgIpc) is 3.90. The van der Waals surface area contributed by atoms with Gasteiger partial charge >= 0.3 is 17.9 Å². The number of carboxylic acid groups (broad SMARTS) is 1. The molecule has 1 aliphatic carbocycles. The molecule has 4 aliphatic rings. The Hall–Kier alpha value is -5.68. The van der Waals surface area contributed by atoms with Crippen LogP contribution in [0.3, 0.4) is 0 Å². The molecule has 404 valence electrons. The number of ether oxygens (including phenoxy) is 3. The van der Waals surface area contributed by atoms with E-state index in [1.54, 1.807) is 50.8 Å². The number of pyridine rings is 2. The lowest BCUT2D eigenvalue weighted by molar-refractivity contribution is -0.159. The molecule has 8 rings (SSSR count). The van der Waals surface area contributed by atoms with Crippen LogP contribution in [0.5, 0.6) is 17.2 Å². The molecule has 0 bridgehead atoms. The van der Waals surface area contributed by atoms with E-state index in [1.165, 1.54) is 0 Å². The summed E-state index contributed by atoms with van der Waals surface area (Å²) in [6, 6.07) is 9.87. The third-order valence-corrected chi connectivity index (χ3v) is 20.3. The van der Waals surface area contributed by atoms with E-state index in [2.05, 4.69) is 60.9 Å². The van der Waals surface area contributed by atoms with E-state index in [1.807, 2.05) is 38.1 Å². The zero-order valence-corrected chi connectivity index (χ0v) is 48.0. The first-order valence-electron chi connectivity index (χ1n) is 26.5. The molecule has 15 nitrogen and oxygen atoms in total. The van der Waals surface area contributed by atoms with Gasteiger partial charge < -0.3 is 33.7 Å². The topological polar surface area (TPSA) is 209 Å². The van der Waals surface area contributed by atoms with Gasteiger partial charge in [-0.3, -0.25) is 24.0 Å². The highest BCUT2D eigenvalue weighted by molar-refractivity contribution is 9.10. The maximum atomic E-state index is 14.9. The highest BCUT2D eigenvalue weighted by Crippen LogP contribution is 2.58. The Kier molecular flexibility index (Phi) is 16.8. The van der Waals surface area contributed by atoms with Gasteiger partial charge in [0, 0.05) is 34.0 Å². The molecule has 1 amide bonds. The van der Waals surface area contributed by atoms with Crippen molar-refractivity contribution < 1.29 is 57.6 Å². The van der Waals surface area contributed by atoms with Crippen LogP contribution in [0.4, 0.5) is 0 Å². The minimum absolute atomic E-state index is 0.0241. The van der Waals surface area contributed by atoms with Crippen molar-refractivity contribution in [1.29, 1.82) is 0 Å². The predicted molar refractivity (Wildman–Crippen MR) is 292 cm³/mol.